The Labute approximate surface area is 150 Å². The number of hydrogen-bond donors (Lipinski definition) is 1. The maximum atomic E-state index is 12.8. The van der Waals surface area contributed by atoms with Crippen LogP contribution in [0.5, 0.6) is 5.75 Å². The van der Waals surface area contributed by atoms with Crippen LogP contribution < -0.4 is 10.1 Å². The highest BCUT2D eigenvalue weighted by Gasteiger charge is 2.16. The molecule has 7 nitrogen and oxygen atoms in total. The molecule has 0 unspecified atom stereocenters. The standard InChI is InChI=1S/C18H13N3O4S/c1-9-6-12-14(7-10(9)2)20-17(23)15(26-18(20)19-12)8-11-4-3-5-13(16(11)22)21(24)25/h3-8,22H,1-2H3. The average Bonchev–Trinajstić information content (AvgIpc) is 3.06. The minimum atomic E-state index is -0.662. The lowest BCUT2D eigenvalue weighted by Gasteiger charge is -1.99. The van der Waals surface area contributed by atoms with Gasteiger partial charge < -0.3 is 5.11 Å². The van der Waals surface area contributed by atoms with Crippen molar-refractivity contribution >= 4 is 39.1 Å². The summed E-state index contributed by atoms with van der Waals surface area (Å²) in [6, 6.07) is 8.07. The molecular weight excluding hydrogens is 354 g/mol. The molecular formula is C18H13N3O4S. The molecule has 0 aliphatic rings. The molecule has 0 saturated heterocycles. The maximum absolute atomic E-state index is 12.8. The molecule has 0 aliphatic carbocycles. The fraction of sp³-hybridized carbons (Fsp3) is 0.111. The van der Waals surface area contributed by atoms with Gasteiger partial charge in [0.15, 0.2) is 4.96 Å². The van der Waals surface area contributed by atoms with Gasteiger partial charge in [0, 0.05) is 11.6 Å². The first-order chi connectivity index (χ1) is 12.4. The maximum Gasteiger partial charge on any atom is 0.311 e. The van der Waals surface area contributed by atoms with Gasteiger partial charge in [-0.25, -0.2) is 9.38 Å². The van der Waals surface area contributed by atoms with Gasteiger partial charge in [-0.1, -0.05) is 23.5 Å². The van der Waals surface area contributed by atoms with Gasteiger partial charge in [0.1, 0.15) is 0 Å². The van der Waals surface area contributed by atoms with Gasteiger partial charge in [-0.05, 0) is 43.2 Å². The second-order valence-corrected chi connectivity index (χ2v) is 7.05. The van der Waals surface area contributed by atoms with Crippen LogP contribution in [0, 0.1) is 24.0 Å². The van der Waals surface area contributed by atoms with Crippen LogP contribution in [0.15, 0.2) is 35.1 Å². The van der Waals surface area contributed by atoms with Gasteiger partial charge in [0.25, 0.3) is 5.56 Å². The first-order valence-electron chi connectivity index (χ1n) is 7.77. The predicted octanol–water partition coefficient (Wildman–Crippen LogP) is 2.69. The van der Waals surface area contributed by atoms with Crippen molar-refractivity contribution in [2.45, 2.75) is 13.8 Å². The van der Waals surface area contributed by atoms with Crippen molar-refractivity contribution in [3.8, 4) is 5.75 Å². The molecule has 0 radical (unpaired) electrons. The molecule has 0 saturated carbocycles. The van der Waals surface area contributed by atoms with Crippen LogP contribution in [0.25, 0.3) is 22.1 Å². The Hall–Kier alpha value is -3.26. The van der Waals surface area contributed by atoms with E-state index in [2.05, 4.69) is 4.98 Å². The minimum absolute atomic E-state index is 0.220. The minimum Gasteiger partial charge on any atom is -0.502 e. The topological polar surface area (TPSA) is 97.7 Å². The van der Waals surface area contributed by atoms with Crippen LogP contribution in [0.3, 0.4) is 0 Å². The van der Waals surface area contributed by atoms with Crippen molar-refractivity contribution in [1.29, 1.82) is 0 Å². The number of nitro benzene ring substituents is 1. The van der Waals surface area contributed by atoms with E-state index in [4.69, 9.17) is 0 Å². The van der Waals surface area contributed by atoms with Crippen molar-refractivity contribution in [1.82, 2.24) is 9.38 Å². The normalized spacial score (nSPS) is 12.3. The molecule has 0 atom stereocenters. The van der Waals surface area contributed by atoms with Gasteiger partial charge in [-0.15, -0.1) is 0 Å². The number of para-hydroxylation sites is 1. The Kier molecular flexibility index (Phi) is 3.52. The molecule has 1 N–H and O–H groups in total. The first kappa shape index (κ1) is 16.2. The van der Waals surface area contributed by atoms with Crippen molar-refractivity contribution in [2.75, 3.05) is 0 Å². The molecule has 8 heteroatoms. The van der Waals surface area contributed by atoms with Gasteiger partial charge >= 0.3 is 5.69 Å². The summed E-state index contributed by atoms with van der Waals surface area (Å²) in [5, 5.41) is 21.0. The predicted molar refractivity (Wildman–Crippen MR) is 99.9 cm³/mol. The summed E-state index contributed by atoms with van der Waals surface area (Å²) >= 11 is 1.18. The monoisotopic (exact) mass is 367 g/mol. The highest BCUT2D eigenvalue weighted by molar-refractivity contribution is 7.15. The molecule has 0 aliphatic heterocycles. The highest BCUT2D eigenvalue weighted by atomic mass is 32.1. The lowest BCUT2D eigenvalue weighted by Crippen LogP contribution is -2.22. The number of hydrogen-bond acceptors (Lipinski definition) is 6. The van der Waals surface area contributed by atoms with Gasteiger partial charge in [0.2, 0.25) is 5.75 Å². The zero-order valence-electron chi connectivity index (χ0n) is 13.9. The fourth-order valence-electron chi connectivity index (χ4n) is 2.87. The molecule has 0 bridgehead atoms. The molecule has 4 rings (SSSR count). The summed E-state index contributed by atoms with van der Waals surface area (Å²) in [6.07, 6.45) is 1.46. The summed E-state index contributed by atoms with van der Waals surface area (Å²) in [4.78, 5) is 28.2. The molecule has 0 fully saturated rings. The number of imidazole rings is 1. The number of nitrogens with zero attached hydrogens (tertiary/aromatic N) is 3. The van der Waals surface area contributed by atoms with Crippen LogP contribution in [-0.4, -0.2) is 19.4 Å². The highest BCUT2D eigenvalue weighted by Crippen LogP contribution is 2.29. The molecule has 2 aromatic carbocycles. The van der Waals surface area contributed by atoms with Crippen molar-refractivity contribution in [3.63, 3.8) is 0 Å². The summed E-state index contributed by atoms with van der Waals surface area (Å²) in [5.74, 6) is -0.459. The largest absolute Gasteiger partial charge is 0.502 e. The van der Waals surface area contributed by atoms with Crippen LogP contribution in [-0.2, 0) is 0 Å². The second-order valence-electron chi connectivity index (χ2n) is 6.04. The number of rotatable bonds is 2. The number of benzene rings is 2. The number of aryl methyl sites for hydroxylation is 2. The van der Waals surface area contributed by atoms with Crippen LogP contribution in [0.4, 0.5) is 5.69 Å². The Morgan fingerprint density at radius 1 is 1.27 bits per heavy atom. The summed E-state index contributed by atoms with van der Waals surface area (Å²) in [6.45, 7) is 3.96. The number of aromatic hydroxyl groups is 1. The van der Waals surface area contributed by atoms with Crippen molar-refractivity contribution in [2.24, 2.45) is 0 Å². The lowest BCUT2D eigenvalue weighted by molar-refractivity contribution is -0.385. The smallest absolute Gasteiger partial charge is 0.311 e. The number of nitro groups is 1. The Morgan fingerprint density at radius 2 is 2.00 bits per heavy atom. The Bertz CT molecular complexity index is 1320. The van der Waals surface area contributed by atoms with Gasteiger partial charge in [-0.3, -0.25) is 14.9 Å². The molecule has 26 heavy (non-hydrogen) atoms. The Balaban J connectivity index is 1.99. The lowest BCUT2D eigenvalue weighted by atomic mass is 10.1. The molecule has 0 spiro atoms. The first-order valence-corrected chi connectivity index (χ1v) is 8.59. The number of thiazole rings is 1. The van der Waals surface area contributed by atoms with Crippen molar-refractivity contribution < 1.29 is 10.0 Å². The quantitative estimate of drug-likeness (QED) is 0.434. The van der Waals surface area contributed by atoms with E-state index in [0.29, 0.717) is 9.49 Å². The molecule has 4 aromatic rings. The Morgan fingerprint density at radius 3 is 2.73 bits per heavy atom. The second kappa shape index (κ2) is 5.63. The zero-order valence-corrected chi connectivity index (χ0v) is 14.7. The third-order valence-corrected chi connectivity index (χ3v) is 5.35. The number of phenols is 1. The van der Waals surface area contributed by atoms with E-state index in [1.165, 1.54) is 40.0 Å². The zero-order chi connectivity index (χ0) is 18.6. The van der Waals surface area contributed by atoms with Gasteiger partial charge in [-0.2, -0.15) is 0 Å². The van der Waals surface area contributed by atoms with E-state index >= 15 is 0 Å². The average molecular weight is 367 g/mol. The third kappa shape index (κ3) is 2.34. The SMILES string of the molecule is Cc1cc2nc3sc(=Cc4cccc([N+](=O)[O-])c4O)c(=O)n3c2cc1C. The van der Waals surface area contributed by atoms with Crippen LogP contribution in [0.2, 0.25) is 0 Å². The van der Waals surface area contributed by atoms with E-state index in [0.717, 1.165) is 22.2 Å². The molecule has 2 heterocycles. The van der Waals surface area contributed by atoms with E-state index < -0.39 is 16.4 Å². The van der Waals surface area contributed by atoms with Crippen molar-refractivity contribution in [3.05, 3.63) is 72.0 Å². The molecule has 2 aromatic heterocycles. The summed E-state index contributed by atoms with van der Waals surface area (Å²) < 4.78 is 1.88. The van der Waals surface area contributed by atoms with Gasteiger partial charge in [0.05, 0.1) is 20.5 Å². The number of phenolic OH excluding ortho intramolecular Hbond substituents is 1. The number of fused-ring (bicyclic) bond motifs is 3. The van der Waals surface area contributed by atoms with E-state index in [1.807, 2.05) is 26.0 Å². The van der Waals surface area contributed by atoms with Crippen LogP contribution in [0.1, 0.15) is 16.7 Å². The fourth-order valence-corrected chi connectivity index (χ4v) is 3.85. The van der Waals surface area contributed by atoms with E-state index in [9.17, 15) is 20.0 Å². The third-order valence-electron chi connectivity index (χ3n) is 4.38. The summed E-state index contributed by atoms with van der Waals surface area (Å²) in [5.41, 5.74) is 3.20. The van der Waals surface area contributed by atoms with E-state index in [-0.39, 0.29) is 11.1 Å². The van der Waals surface area contributed by atoms with E-state index in [1.54, 1.807) is 0 Å². The summed E-state index contributed by atoms with van der Waals surface area (Å²) in [7, 11) is 0. The number of aromatic nitrogens is 2. The molecule has 0 amide bonds. The van der Waals surface area contributed by atoms with Crippen LogP contribution >= 0.6 is 11.3 Å². The molecule has 130 valence electrons.